The van der Waals surface area contributed by atoms with Crippen molar-refractivity contribution in [2.45, 2.75) is 32.9 Å². The van der Waals surface area contributed by atoms with Crippen LogP contribution in [0.25, 0.3) is 0 Å². The van der Waals surface area contributed by atoms with Gasteiger partial charge in [-0.05, 0) is 38.5 Å². The van der Waals surface area contributed by atoms with Crippen molar-refractivity contribution in [3.63, 3.8) is 0 Å². The van der Waals surface area contributed by atoms with E-state index in [0.29, 0.717) is 11.7 Å². The van der Waals surface area contributed by atoms with Gasteiger partial charge < -0.3 is 10.6 Å². The minimum atomic E-state index is -0.159. The van der Waals surface area contributed by atoms with Gasteiger partial charge in [0, 0.05) is 38.3 Å². The second-order valence-electron chi connectivity index (χ2n) is 5.62. The first-order chi connectivity index (χ1) is 8.99. The largest absolute Gasteiger partial charge is 0.367 e. The highest BCUT2D eigenvalue weighted by Crippen LogP contribution is 2.24. The summed E-state index contributed by atoms with van der Waals surface area (Å²) in [6.45, 7) is 10.0. The van der Waals surface area contributed by atoms with Crippen LogP contribution < -0.4 is 10.6 Å². The van der Waals surface area contributed by atoms with Crippen molar-refractivity contribution in [3.8, 4) is 0 Å². The van der Waals surface area contributed by atoms with Crippen LogP contribution in [0.1, 0.15) is 32.4 Å². The van der Waals surface area contributed by atoms with Crippen molar-refractivity contribution in [3.05, 3.63) is 29.6 Å². The van der Waals surface area contributed by atoms with Gasteiger partial charge in [0.15, 0.2) is 0 Å². The Morgan fingerprint density at radius 3 is 2.21 bits per heavy atom. The minimum absolute atomic E-state index is 0.124. The summed E-state index contributed by atoms with van der Waals surface area (Å²) >= 11 is 0. The lowest BCUT2D eigenvalue weighted by Gasteiger charge is -2.38. The van der Waals surface area contributed by atoms with Crippen LogP contribution >= 0.6 is 0 Å². The van der Waals surface area contributed by atoms with E-state index in [2.05, 4.69) is 23.6 Å². The topological polar surface area (TPSA) is 32.5 Å². The lowest BCUT2D eigenvalue weighted by atomic mass is 10.1. The van der Waals surface area contributed by atoms with Crippen LogP contribution in [-0.2, 0) is 0 Å². The fraction of sp³-hybridized carbons (Fsp3) is 0.600. The Kier molecular flexibility index (Phi) is 4.42. The molecule has 1 atom stereocenters. The summed E-state index contributed by atoms with van der Waals surface area (Å²) in [5, 5.41) is 0. The van der Waals surface area contributed by atoms with Gasteiger partial charge in [0.2, 0.25) is 0 Å². The second-order valence-corrected chi connectivity index (χ2v) is 5.62. The summed E-state index contributed by atoms with van der Waals surface area (Å²) in [6, 6.07) is 5.79. The molecule has 0 amide bonds. The number of rotatable bonds is 3. The molecular formula is C15H24FN3. The molecule has 4 heteroatoms. The van der Waals surface area contributed by atoms with Crippen molar-refractivity contribution in [2.24, 2.45) is 5.73 Å². The van der Waals surface area contributed by atoms with Gasteiger partial charge in [-0.25, -0.2) is 4.39 Å². The van der Waals surface area contributed by atoms with Gasteiger partial charge in [-0.2, -0.15) is 0 Å². The Balaban J connectivity index is 2.07. The molecule has 1 fully saturated rings. The molecule has 0 radical (unpaired) electrons. The van der Waals surface area contributed by atoms with E-state index in [9.17, 15) is 4.39 Å². The fourth-order valence-corrected chi connectivity index (χ4v) is 2.54. The van der Waals surface area contributed by atoms with Gasteiger partial charge in [0.1, 0.15) is 5.82 Å². The zero-order valence-corrected chi connectivity index (χ0v) is 12.1. The number of piperazine rings is 1. The molecule has 0 bridgehead atoms. The molecule has 0 aromatic heterocycles. The van der Waals surface area contributed by atoms with Crippen LogP contribution in [0.5, 0.6) is 0 Å². The van der Waals surface area contributed by atoms with E-state index in [1.807, 2.05) is 19.1 Å². The summed E-state index contributed by atoms with van der Waals surface area (Å²) in [5.74, 6) is -0.159. The number of nitrogens with two attached hydrogens (primary N) is 1. The van der Waals surface area contributed by atoms with Crippen molar-refractivity contribution in [1.29, 1.82) is 0 Å². The monoisotopic (exact) mass is 265 g/mol. The number of hydrogen-bond acceptors (Lipinski definition) is 3. The Bertz CT molecular complexity index is 423. The second kappa shape index (κ2) is 5.88. The predicted molar refractivity (Wildman–Crippen MR) is 77.9 cm³/mol. The lowest BCUT2D eigenvalue weighted by molar-refractivity contribution is 0.209. The van der Waals surface area contributed by atoms with Gasteiger partial charge in [-0.15, -0.1) is 0 Å². The number of halogens is 1. The van der Waals surface area contributed by atoms with Crippen LogP contribution in [0, 0.1) is 5.82 Å². The van der Waals surface area contributed by atoms with Gasteiger partial charge in [0.25, 0.3) is 0 Å². The number of anilines is 1. The number of nitrogens with zero attached hydrogens (tertiary/aromatic N) is 2. The third-order valence-electron chi connectivity index (χ3n) is 3.88. The summed E-state index contributed by atoms with van der Waals surface area (Å²) in [4.78, 5) is 4.55. The highest BCUT2D eigenvalue weighted by atomic mass is 19.1. The molecule has 106 valence electrons. The molecule has 0 aliphatic carbocycles. The highest BCUT2D eigenvalue weighted by Gasteiger charge is 2.21. The first-order valence-electron chi connectivity index (χ1n) is 7.03. The zero-order valence-electron chi connectivity index (χ0n) is 12.1. The van der Waals surface area contributed by atoms with Gasteiger partial charge in [0.05, 0.1) is 5.69 Å². The Hall–Kier alpha value is -1.13. The predicted octanol–water partition coefficient (Wildman–Crippen LogP) is 2.38. The zero-order chi connectivity index (χ0) is 14.0. The molecule has 1 saturated heterocycles. The van der Waals surface area contributed by atoms with E-state index in [4.69, 9.17) is 5.73 Å². The van der Waals surface area contributed by atoms with Gasteiger partial charge in [-0.3, -0.25) is 4.90 Å². The van der Waals surface area contributed by atoms with Crippen molar-refractivity contribution in [2.75, 3.05) is 31.1 Å². The van der Waals surface area contributed by atoms with E-state index in [1.54, 1.807) is 6.07 Å². The SMILES string of the molecule is CC(C)N1CCN(c2ccc([C@H](C)N)cc2F)CC1. The van der Waals surface area contributed by atoms with E-state index in [-0.39, 0.29) is 11.9 Å². The first kappa shape index (κ1) is 14.3. The molecule has 1 aliphatic rings. The van der Waals surface area contributed by atoms with Crippen LogP contribution in [0.4, 0.5) is 10.1 Å². The molecule has 1 aliphatic heterocycles. The molecule has 1 aromatic rings. The average molecular weight is 265 g/mol. The maximum Gasteiger partial charge on any atom is 0.146 e. The number of benzene rings is 1. The van der Waals surface area contributed by atoms with Crippen molar-refractivity contribution >= 4 is 5.69 Å². The molecule has 1 aromatic carbocycles. The minimum Gasteiger partial charge on any atom is -0.367 e. The molecule has 2 N–H and O–H groups in total. The molecule has 19 heavy (non-hydrogen) atoms. The summed E-state index contributed by atoms with van der Waals surface area (Å²) in [5.41, 5.74) is 7.33. The molecule has 0 unspecified atom stereocenters. The highest BCUT2D eigenvalue weighted by molar-refractivity contribution is 5.50. The Morgan fingerprint density at radius 2 is 1.74 bits per heavy atom. The van der Waals surface area contributed by atoms with Crippen LogP contribution in [0.15, 0.2) is 18.2 Å². The average Bonchev–Trinajstić information content (AvgIpc) is 2.38. The molecule has 3 nitrogen and oxygen atoms in total. The Labute approximate surface area is 115 Å². The van der Waals surface area contributed by atoms with E-state index < -0.39 is 0 Å². The molecule has 0 saturated carbocycles. The fourth-order valence-electron chi connectivity index (χ4n) is 2.54. The van der Waals surface area contributed by atoms with Crippen LogP contribution in [0.2, 0.25) is 0 Å². The molecule has 1 heterocycles. The molecule has 2 rings (SSSR count). The third-order valence-corrected chi connectivity index (χ3v) is 3.88. The standard InChI is InChI=1S/C15H24FN3/c1-11(2)18-6-8-19(9-7-18)15-5-4-13(12(3)17)10-14(15)16/h4-5,10-12H,6-9,17H2,1-3H3/t12-/m0/s1. The maximum atomic E-state index is 14.1. The van der Waals surface area contributed by atoms with Gasteiger partial charge >= 0.3 is 0 Å². The Morgan fingerprint density at radius 1 is 1.11 bits per heavy atom. The van der Waals surface area contributed by atoms with Crippen LogP contribution in [-0.4, -0.2) is 37.1 Å². The maximum absolute atomic E-state index is 14.1. The van der Waals surface area contributed by atoms with E-state index >= 15 is 0 Å². The smallest absolute Gasteiger partial charge is 0.146 e. The quantitative estimate of drug-likeness (QED) is 0.910. The lowest BCUT2D eigenvalue weighted by Crippen LogP contribution is -2.49. The summed E-state index contributed by atoms with van der Waals surface area (Å²) in [7, 11) is 0. The summed E-state index contributed by atoms with van der Waals surface area (Å²) < 4.78 is 14.1. The van der Waals surface area contributed by atoms with Crippen molar-refractivity contribution in [1.82, 2.24) is 4.90 Å². The number of hydrogen-bond donors (Lipinski definition) is 1. The summed E-state index contributed by atoms with van der Waals surface area (Å²) in [6.07, 6.45) is 0. The van der Waals surface area contributed by atoms with E-state index in [1.165, 1.54) is 0 Å². The van der Waals surface area contributed by atoms with Crippen LogP contribution in [0.3, 0.4) is 0 Å². The van der Waals surface area contributed by atoms with Gasteiger partial charge in [-0.1, -0.05) is 6.07 Å². The normalized spacial score (nSPS) is 18.9. The first-order valence-corrected chi connectivity index (χ1v) is 7.03. The molecular weight excluding hydrogens is 241 g/mol. The van der Waals surface area contributed by atoms with E-state index in [0.717, 1.165) is 31.7 Å². The molecule has 0 spiro atoms. The van der Waals surface area contributed by atoms with Crippen molar-refractivity contribution < 1.29 is 4.39 Å². The third kappa shape index (κ3) is 3.25.